The molecule has 0 bridgehead atoms. The van der Waals surface area contributed by atoms with E-state index in [9.17, 15) is 18.4 Å². The van der Waals surface area contributed by atoms with E-state index in [1.54, 1.807) is 18.2 Å². The minimum atomic E-state index is -0.756. The van der Waals surface area contributed by atoms with Gasteiger partial charge in [0.15, 0.2) is 5.65 Å². The Morgan fingerprint density at radius 3 is 2.73 bits per heavy atom. The molecule has 0 saturated carbocycles. The lowest BCUT2D eigenvalue weighted by molar-refractivity contribution is -0.117. The summed E-state index contributed by atoms with van der Waals surface area (Å²) in [5.41, 5.74) is 1.33. The largest absolute Gasteiger partial charge is 0.322 e. The molecule has 8 heteroatoms. The molecule has 2 aromatic heterocycles. The van der Waals surface area contributed by atoms with Gasteiger partial charge in [0.25, 0.3) is 5.56 Å². The Kier molecular flexibility index (Phi) is 5.14. The molecule has 0 aliphatic heterocycles. The van der Waals surface area contributed by atoms with Crippen molar-refractivity contribution in [1.82, 2.24) is 14.3 Å². The monoisotopic (exact) mass is 408 g/mol. The van der Waals surface area contributed by atoms with Crippen LogP contribution in [-0.2, 0) is 17.8 Å². The van der Waals surface area contributed by atoms with Crippen LogP contribution in [0.4, 0.5) is 14.5 Å². The molecule has 0 fully saturated rings. The molecule has 152 valence electrons. The highest BCUT2D eigenvalue weighted by Crippen LogP contribution is 2.17. The Bertz CT molecular complexity index is 1310. The highest BCUT2D eigenvalue weighted by molar-refractivity contribution is 5.91. The summed E-state index contributed by atoms with van der Waals surface area (Å²) >= 11 is 0. The van der Waals surface area contributed by atoms with Crippen LogP contribution in [0.25, 0.3) is 16.7 Å². The number of nitrogens with one attached hydrogen (secondary N) is 1. The molecule has 0 spiro atoms. The van der Waals surface area contributed by atoms with E-state index in [-0.39, 0.29) is 17.8 Å². The van der Waals surface area contributed by atoms with Crippen molar-refractivity contribution in [1.29, 1.82) is 0 Å². The van der Waals surface area contributed by atoms with Crippen LogP contribution in [-0.4, -0.2) is 20.3 Å². The molecule has 30 heavy (non-hydrogen) atoms. The smallest absolute Gasteiger partial charge is 0.280 e. The molecule has 0 atom stereocenters. The summed E-state index contributed by atoms with van der Waals surface area (Å²) in [6.45, 7) is 1.68. The highest BCUT2D eigenvalue weighted by Gasteiger charge is 2.19. The van der Waals surface area contributed by atoms with Crippen LogP contribution < -0.4 is 10.9 Å². The second-order valence-corrected chi connectivity index (χ2v) is 6.74. The molecule has 0 radical (unpaired) electrons. The van der Waals surface area contributed by atoms with Crippen LogP contribution in [0.15, 0.2) is 65.6 Å². The number of amides is 1. The maximum absolute atomic E-state index is 13.9. The van der Waals surface area contributed by atoms with E-state index in [1.807, 2.05) is 25.1 Å². The van der Waals surface area contributed by atoms with E-state index in [2.05, 4.69) is 10.3 Å². The van der Waals surface area contributed by atoms with Gasteiger partial charge in [-0.1, -0.05) is 19.1 Å². The average Bonchev–Trinajstić information content (AvgIpc) is 3.02. The fourth-order valence-corrected chi connectivity index (χ4v) is 3.32. The Morgan fingerprint density at radius 2 is 1.93 bits per heavy atom. The van der Waals surface area contributed by atoms with Crippen LogP contribution in [0.1, 0.15) is 12.5 Å². The number of carbonyl (C=O) groups is 1. The minimum absolute atomic E-state index is 0.272. The zero-order valence-electron chi connectivity index (χ0n) is 16.1. The average molecular weight is 408 g/mol. The Balaban J connectivity index is 1.78. The van der Waals surface area contributed by atoms with Crippen LogP contribution in [0, 0.1) is 11.6 Å². The van der Waals surface area contributed by atoms with Gasteiger partial charge in [0.1, 0.15) is 18.2 Å². The standard InChI is InChI=1S/C22H18F2N4O2/c1-2-14-5-3-6-16(11-14)28-22(30)17-7-4-10-25-21(17)27(28)13-20(29)26-19-12-15(23)8-9-18(19)24/h3-12H,2,13H2,1H3,(H,26,29). The Hall–Kier alpha value is -3.81. The van der Waals surface area contributed by atoms with Crippen molar-refractivity contribution in [3.63, 3.8) is 0 Å². The van der Waals surface area contributed by atoms with Gasteiger partial charge in [-0.2, -0.15) is 0 Å². The first-order valence-electron chi connectivity index (χ1n) is 9.38. The van der Waals surface area contributed by atoms with Crippen LogP contribution in [0.3, 0.4) is 0 Å². The Labute approximate surface area is 170 Å². The number of carbonyl (C=O) groups excluding carboxylic acids is 1. The van der Waals surface area contributed by atoms with Gasteiger partial charge >= 0.3 is 0 Å². The van der Waals surface area contributed by atoms with Gasteiger partial charge in [0.2, 0.25) is 5.91 Å². The molecule has 0 saturated heterocycles. The van der Waals surface area contributed by atoms with Gasteiger partial charge in [-0.15, -0.1) is 0 Å². The lowest BCUT2D eigenvalue weighted by atomic mass is 10.1. The molecule has 0 unspecified atom stereocenters. The third kappa shape index (κ3) is 3.59. The summed E-state index contributed by atoms with van der Waals surface area (Å²) in [7, 11) is 0. The summed E-state index contributed by atoms with van der Waals surface area (Å²) in [5, 5.41) is 2.71. The van der Waals surface area contributed by atoms with Crippen molar-refractivity contribution in [2.45, 2.75) is 19.9 Å². The molecule has 1 amide bonds. The van der Waals surface area contributed by atoms with Crippen molar-refractivity contribution in [2.24, 2.45) is 0 Å². The SMILES string of the molecule is CCc1cccc(-n2c(=O)c3cccnc3n2CC(=O)Nc2cc(F)ccc2F)c1. The van der Waals surface area contributed by atoms with Crippen LogP contribution in [0.2, 0.25) is 0 Å². The zero-order chi connectivity index (χ0) is 21.3. The summed E-state index contributed by atoms with van der Waals surface area (Å²) in [6, 6.07) is 13.5. The quantitative estimate of drug-likeness (QED) is 0.548. The van der Waals surface area contributed by atoms with Gasteiger partial charge in [-0.05, 0) is 48.4 Å². The summed E-state index contributed by atoms with van der Waals surface area (Å²) in [4.78, 5) is 29.9. The normalized spacial score (nSPS) is 11.0. The van der Waals surface area contributed by atoms with Gasteiger partial charge in [0.05, 0.1) is 16.8 Å². The lowest BCUT2D eigenvalue weighted by Crippen LogP contribution is -2.27. The number of nitrogens with zero attached hydrogens (tertiary/aromatic N) is 3. The predicted molar refractivity (Wildman–Crippen MR) is 110 cm³/mol. The Morgan fingerprint density at radius 1 is 1.10 bits per heavy atom. The van der Waals surface area contributed by atoms with Gasteiger partial charge in [-0.25, -0.2) is 18.4 Å². The third-order valence-corrected chi connectivity index (χ3v) is 4.75. The van der Waals surface area contributed by atoms with E-state index in [0.29, 0.717) is 16.7 Å². The van der Waals surface area contributed by atoms with Crippen LogP contribution >= 0.6 is 0 Å². The van der Waals surface area contributed by atoms with Gasteiger partial charge < -0.3 is 5.32 Å². The van der Waals surface area contributed by atoms with Crippen LogP contribution in [0.5, 0.6) is 0 Å². The lowest BCUT2D eigenvalue weighted by Gasteiger charge is -2.13. The number of aromatic nitrogens is 3. The van der Waals surface area contributed by atoms with Crippen molar-refractivity contribution in [2.75, 3.05) is 5.32 Å². The van der Waals surface area contributed by atoms with Crippen molar-refractivity contribution in [3.05, 3.63) is 88.3 Å². The number of pyridine rings is 1. The molecule has 4 aromatic rings. The van der Waals surface area contributed by atoms with Crippen molar-refractivity contribution >= 4 is 22.6 Å². The summed E-state index contributed by atoms with van der Waals surface area (Å²) in [5.74, 6) is -2.05. The first-order valence-corrected chi connectivity index (χ1v) is 9.38. The third-order valence-electron chi connectivity index (χ3n) is 4.75. The van der Waals surface area contributed by atoms with E-state index in [4.69, 9.17) is 0 Å². The molecule has 4 rings (SSSR count). The number of anilines is 1. The van der Waals surface area contributed by atoms with E-state index in [1.165, 1.54) is 15.6 Å². The second-order valence-electron chi connectivity index (χ2n) is 6.74. The second kappa shape index (κ2) is 7.90. The highest BCUT2D eigenvalue weighted by atomic mass is 19.1. The number of halogens is 2. The summed E-state index contributed by atoms with van der Waals surface area (Å²) in [6.07, 6.45) is 2.30. The summed E-state index contributed by atoms with van der Waals surface area (Å²) < 4.78 is 30.1. The van der Waals surface area contributed by atoms with Crippen molar-refractivity contribution in [3.8, 4) is 5.69 Å². The minimum Gasteiger partial charge on any atom is -0.322 e. The van der Waals surface area contributed by atoms with Gasteiger partial charge in [0, 0.05) is 12.3 Å². The first kappa shape index (κ1) is 19.5. The number of fused-ring (bicyclic) bond motifs is 1. The number of aryl methyl sites for hydroxylation is 1. The number of benzene rings is 2. The molecule has 2 aromatic carbocycles. The zero-order valence-corrected chi connectivity index (χ0v) is 16.1. The molecule has 0 aliphatic rings. The fourth-order valence-electron chi connectivity index (χ4n) is 3.32. The van der Waals surface area contributed by atoms with E-state index >= 15 is 0 Å². The first-order chi connectivity index (χ1) is 14.5. The van der Waals surface area contributed by atoms with Crippen molar-refractivity contribution < 1.29 is 13.6 Å². The molecule has 0 aliphatic carbocycles. The molecular formula is C22H18F2N4O2. The maximum atomic E-state index is 13.9. The predicted octanol–water partition coefficient (Wildman–Crippen LogP) is 3.67. The van der Waals surface area contributed by atoms with Gasteiger partial charge in [-0.3, -0.25) is 14.3 Å². The fraction of sp³-hybridized carbons (Fsp3) is 0.136. The molecule has 2 heterocycles. The number of rotatable bonds is 5. The maximum Gasteiger partial charge on any atom is 0.280 e. The van der Waals surface area contributed by atoms with E-state index in [0.717, 1.165) is 30.2 Å². The topological polar surface area (TPSA) is 68.9 Å². The number of hydrogen-bond acceptors (Lipinski definition) is 3. The molecule has 6 nitrogen and oxygen atoms in total. The molecular weight excluding hydrogens is 390 g/mol. The number of hydrogen-bond donors (Lipinski definition) is 1. The van der Waals surface area contributed by atoms with E-state index < -0.39 is 17.5 Å². The molecule has 1 N–H and O–H groups in total.